The van der Waals surface area contributed by atoms with Gasteiger partial charge in [-0.1, -0.05) is 12.1 Å². The maximum atomic E-state index is 11.5. The summed E-state index contributed by atoms with van der Waals surface area (Å²) in [4.78, 5) is 48.6. The smallest absolute Gasteiger partial charge is 0.317 e. The van der Waals surface area contributed by atoms with Crippen LogP contribution in [-0.4, -0.2) is 90.5 Å². The molecule has 0 saturated carbocycles. The van der Waals surface area contributed by atoms with Crippen LogP contribution in [0.5, 0.6) is 11.5 Å². The van der Waals surface area contributed by atoms with Crippen LogP contribution in [0.25, 0.3) is 0 Å². The number of carboxylic acids is 4. The Morgan fingerprint density at radius 2 is 1.00 bits per heavy atom. The Morgan fingerprint density at radius 3 is 1.29 bits per heavy atom. The molecule has 0 spiro atoms. The summed E-state index contributed by atoms with van der Waals surface area (Å²) in [6.45, 7) is 2.13. The predicted molar refractivity (Wildman–Crippen MR) is 134 cm³/mol. The first-order valence-corrected chi connectivity index (χ1v) is 11.8. The molecule has 0 fully saturated rings. The quantitative estimate of drug-likeness (QED) is 0.195. The lowest BCUT2D eigenvalue weighted by molar-refractivity contribution is -0.140. The lowest BCUT2D eigenvalue weighted by Gasteiger charge is -2.27. The summed E-state index contributed by atoms with van der Waals surface area (Å²) >= 11 is 0. The molecule has 0 amide bonds. The van der Waals surface area contributed by atoms with Gasteiger partial charge < -0.3 is 30.6 Å². The molecule has 206 valence electrons. The average Bonchev–Trinajstić information content (AvgIpc) is 2.83. The summed E-state index contributed by atoms with van der Waals surface area (Å²) in [7, 11) is 0. The SMILES string of the molecule is CC(C(=O)O)c1ccc(O)c(CN(CCN(CC(=O)O)Cc2cc(C(C)C(=O)O)ccc2O)CC(=O)O)c1. The average molecular weight is 533 g/mol. The third-order valence-electron chi connectivity index (χ3n) is 6.19. The molecule has 6 N–H and O–H groups in total. The molecule has 12 nitrogen and oxygen atoms in total. The molecule has 38 heavy (non-hydrogen) atoms. The summed E-state index contributed by atoms with van der Waals surface area (Å²) in [6, 6.07) is 8.61. The van der Waals surface area contributed by atoms with Gasteiger partial charge in [0, 0.05) is 37.3 Å². The fourth-order valence-corrected chi connectivity index (χ4v) is 3.86. The van der Waals surface area contributed by atoms with Crippen molar-refractivity contribution in [3.8, 4) is 11.5 Å². The molecule has 0 heterocycles. The lowest BCUT2D eigenvalue weighted by Crippen LogP contribution is -2.39. The van der Waals surface area contributed by atoms with Crippen LogP contribution in [0.15, 0.2) is 36.4 Å². The molecular formula is C26H32N2O10. The van der Waals surface area contributed by atoms with Crippen molar-refractivity contribution in [3.63, 3.8) is 0 Å². The molecule has 2 aromatic rings. The molecule has 0 bridgehead atoms. The van der Waals surface area contributed by atoms with Gasteiger partial charge in [-0.25, -0.2) is 0 Å². The van der Waals surface area contributed by atoms with E-state index in [2.05, 4.69) is 0 Å². The van der Waals surface area contributed by atoms with Crippen molar-refractivity contribution in [1.29, 1.82) is 0 Å². The Bertz CT molecular complexity index is 1090. The maximum absolute atomic E-state index is 11.5. The lowest BCUT2D eigenvalue weighted by atomic mass is 9.98. The molecule has 0 aliphatic carbocycles. The molecule has 0 aromatic heterocycles. The molecule has 2 atom stereocenters. The van der Waals surface area contributed by atoms with Gasteiger partial charge in [0.2, 0.25) is 0 Å². The zero-order valence-electron chi connectivity index (χ0n) is 21.1. The number of rotatable bonds is 15. The standard InChI is InChI=1S/C26H32N2O10/c1-15(25(35)36)17-3-5-21(29)19(9-17)11-27(13-23(31)32)7-8-28(14-24(33)34)12-20-10-18(4-6-22(20)30)16(2)26(37)38/h3-6,9-10,15-16,29-30H,7-8,11-14H2,1-2H3,(H,31,32)(H,33,34)(H,35,36)(H,37,38). The van der Waals surface area contributed by atoms with Crippen LogP contribution in [0, 0.1) is 0 Å². The number of phenols is 2. The molecule has 2 aromatic carbocycles. The number of phenolic OH excluding ortho intramolecular Hbond substituents is 2. The van der Waals surface area contributed by atoms with E-state index in [1.165, 1.54) is 60.0 Å². The Morgan fingerprint density at radius 1 is 0.658 bits per heavy atom. The number of carbonyl (C=O) groups is 4. The number of nitrogens with zero attached hydrogens (tertiary/aromatic N) is 2. The van der Waals surface area contributed by atoms with Crippen molar-refractivity contribution >= 4 is 23.9 Å². The van der Waals surface area contributed by atoms with E-state index in [0.717, 1.165) is 0 Å². The predicted octanol–water partition coefficient (Wildman–Crippen LogP) is 1.95. The highest BCUT2D eigenvalue weighted by molar-refractivity contribution is 5.76. The molecule has 0 aliphatic heterocycles. The summed E-state index contributed by atoms with van der Waals surface area (Å²) in [5.74, 6) is -6.40. The van der Waals surface area contributed by atoms with Crippen LogP contribution >= 0.6 is 0 Å². The Kier molecular flexibility index (Phi) is 10.6. The summed E-state index contributed by atoms with van der Waals surface area (Å²) in [6.07, 6.45) is 0. The van der Waals surface area contributed by atoms with Crippen LogP contribution in [-0.2, 0) is 32.3 Å². The molecule has 0 aliphatic rings. The van der Waals surface area contributed by atoms with Gasteiger partial charge in [-0.3, -0.25) is 29.0 Å². The highest BCUT2D eigenvalue weighted by Crippen LogP contribution is 2.26. The largest absolute Gasteiger partial charge is 0.508 e. The Balaban J connectivity index is 2.25. The van der Waals surface area contributed by atoms with Crippen LogP contribution in [0.3, 0.4) is 0 Å². The normalized spacial score (nSPS) is 12.8. The van der Waals surface area contributed by atoms with E-state index in [-0.39, 0.29) is 37.7 Å². The van der Waals surface area contributed by atoms with E-state index < -0.39 is 48.8 Å². The van der Waals surface area contributed by atoms with E-state index in [1.807, 2.05) is 0 Å². The Labute approximate surface area is 219 Å². The highest BCUT2D eigenvalue weighted by atomic mass is 16.4. The van der Waals surface area contributed by atoms with Gasteiger partial charge in [0.25, 0.3) is 0 Å². The zero-order chi connectivity index (χ0) is 28.6. The van der Waals surface area contributed by atoms with Gasteiger partial charge in [-0.2, -0.15) is 0 Å². The van der Waals surface area contributed by atoms with Gasteiger partial charge >= 0.3 is 23.9 Å². The molecular weight excluding hydrogens is 500 g/mol. The third-order valence-corrected chi connectivity index (χ3v) is 6.19. The second-order valence-corrected chi connectivity index (χ2v) is 9.10. The molecule has 0 saturated heterocycles. The summed E-state index contributed by atoms with van der Waals surface area (Å²) in [5.41, 5.74) is 1.49. The monoisotopic (exact) mass is 532 g/mol. The van der Waals surface area contributed by atoms with Crippen LogP contribution in [0.2, 0.25) is 0 Å². The molecule has 12 heteroatoms. The minimum absolute atomic E-state index is 0.0456. The molecule has 2 unspecified atom stereocenters. The fourth-order valence-electron chi connectivity index (χ4n) is 3.86. The summed E-state index contributed by atoms with van der Waals surface area (Å²) < 4.78 is 0. The van der Waals surface area contributed by atoms with E-state index in [9.17, 15) is 49.8 Å². The van der Waals surface area contributed by atoms with Gasteiger partial charge in [0.1, 0.15) is 11.5 Å². The van der Waals surface area contributed by atoms with E-state index in [0.29, 0.717) is 22.3 Å². The van der Waals surface area contributed by atoms with Gasteiger partial charge in [-0.15, -0.1) is 0 Å². The topological polar surface area (TPSA) is 196 Å². The maximum Gasteiger partial charge on any atom is 0.317 e. The number of aliphatic carboxylic acids is 4. The van der Waals surface area contributed by atoms with Crippen LogP contribution in [0.4, 0.5) is 0 Å². The second-order valence-electron chi connectivity index (χ2n) is 9.10. The van der Waals surface area contributed by atoms with Crippen LogP contribution in [0.1, 0.15) is 47.9 Å². The second kappa shape index (κ2) is 13.4. The molecule has 0 radical (unpaired) electrons. The van der Waals surface area contributed by atoms with E-state index in [4.69, 9.17) is 0 Å². The third kappa shape index (κ3) is 8.75. The van der Waals surface area contributed by atoms with Crippen molar-refractivity contribution in [2.75, 3.05) is 26.2 Å². The zero-order valence-corrected chi connectivity index (χ0v) is 21.1. The van der Waals surface area contributed by atoms with Crippen molar-refractivity contribution in [1.82, 2.24) is 9.80 Å². The fraction of sp³-hybridized carbons (Fsp3) is 0.385. The molecule has 2 rings (SSSR count). The number of aromatic hydroxyl groups is 2. The Hall–Kier alpha value is -4.16. The number of hydrogen-bond acceptors (Lipinski definition) is 8. The van der Waals surface area contributed by atoms with Crippen molar-refractivity contribution in [2.24, 2.45) is 0 Å². The number of hydrogen-bond donors (Lipinski definition) is 6. The number of benzene rings is 2. The van der Waals surface area contributed by atoms with Crippen LogP contribution < -0.4 is 0 Å². The van der Waals surface area contributed by atoms with Gasteiger partial charge in [-0.05, 0) is 49.2 Å². The number of carboxylic acid groups (broad SMARTS) is 4. The van der Waals surface area contributed by atoms with E-state index >= 15 is 0 Å². The van der Waals surface area contributed by atoms with Crippen molar-refractivity contribution in [2.45, 2.75) is 38.8 Å². The first kappa shape index (κ1) is 30.1. The van der Waals surface area contributed by atoms with Gasteiger partial charge in [0.15, 0.2) is 0 Å². The highest BCUT2D eigenvalue weighted by Gasteiger charge is 2.21. The van der Waals surface area contributed by atoms with Crippen molar-refractivity contribution in [3.05, 3.63) is 58.7 Å². The van der Waals surface area contributed by atoms with Gasteiger partial charge in [0.05, 0.1) is 24.9 Å². The minimum Gasteiger partial charge on any atom is -0.508 e. The minimum atomic E-state index is -1.16. The first-order chi connectivity index (χ1) is 17.8. The van der Waals surface area contributed by atoms with E-state index in [1.54, 1.807) is 0 Å². The summed E-state index contributed by atoms with van der Waals surface area (Å²) in [5, 5.41) is 57.9. The first-order valence-electron chi connectivity index (χ1n) is 11.8. The van der Waals surface area contributed by atoms with Crippen molar-refractivity contribution < 1.29 is 49.8 Å².